The number of carbonyl (C=O) groups excluding carboxylic acids is 1. The molecule has 4 rings (SSSR count). The molecule has 1 heterocycles. The molecule has 0 radical (unpaired) electrons. The number of halogens is 1. The number of anilines is 1. The van der Waals surface area contributed by atoms with Gasteiger partial charge in [-0.3, -0.25) is 14.4 Å². The number of ether oxygens (including phenoxy) is 1. The summed E-state index contributed by atoms with van der Waals surface area (Å²) in [5.74, 6) is -0.276. The van der Waals surface area contributed by atoms with E-state index in [2.05, 4.69) is 21.8 Å². The van der Waals surface area contributed by atoms with E-state index in [0.717, 1.165) is 18.7 Å². The molecule has 1 amide bonds. The number of nitrogens with zero attached hydrogens (tertiary/aromatic N) is 2. The minimum absolute atomic E-state index is 0.0227. The Morgan fingerprint density at radius 2 is 1.82 bits per heavy atom. The second-order valence-corrected chi connectivity index (χ2v) is 12.1. The van der Waals surface area contributed by atoms with E-state index >= 15 is 0 Å². The molecular formula is C30H36FN3O5S. The Hall–Kier alpha value is -3.47. The van der Waals surface area contributed by atoms with Crippen molar-refractivity contribution in [3.63, 3.8) is 0 Å². The number of aliphatic hydroxyl groups is 1. The van der Waals surface area contributed by atoms with Crippen molar-refractivity contribution < 1.29 is 27.4 Å². The lowest BCUT2D eigenvalue weighted by molar-refractivity contribution is -0.134. The zero-order valence-corrected chi connectivity index (χ0v) is 23.8. The number of aliphatic hydroxyl groups excluding tert-OH is 1. The SMILES string of the molecule is C[C@@H]1CN([C@H](C)CO)C(=O)Cc2cc(NS(=O)(=O)c3ccc(F)cc3)ccc2O[C@H]1CN(C)Cc1ccccc1. The van der Waals surface area contributed by atoms with Gasteiger partial charge in [0.1, 0.15) is 17.7 Å². The van der Waals surface area contributed by atoms with E-state index < -0.39 is 15.8 Å². The van der Waals surface area contributed by atoms with Crippen molar-refractivity contribution in [2.75, 3.05) is 31.5 Å². The summed E-state index contributed by atoms with van der Waals surface area (Å²) in [7, 11) is -1.96. The molecule has 0 aliphatic carbocycles. The number of nitrogens with one attached hydrogen (secondary N) is 1. The van der Waals surface area contributed by atoms with Crippen LogP contribution in [-0.4, -0.2) is 68.1 Å². The second kappa shape index (κ2) is 12.8. The van der Waals surface area contributed by atoms with E-state index in [1.807, 2.05) is 32.2 Å². The van der Waals surface area contributed by atoms with Crippen LogP contribution in [0.5, 0.6) is 5.75 Å². The first-order valence-corrected chi connectivity index (χ1v) is 14.7. The minimum Gasteiger partial charge on any atom is -0.488 e. The molecule has 214 valence electrons. The van der Waals surface area contributed by atoms with Gasteiger partial charge in [-0.05, 0) is 62.0 Å². The summed E-state index contributed by atoms with van der Waals surface area (Å²) in [4.78, 5) is 17.2. The van der Waals surface area contributed by atoms with Crippen molar-refractivity contribution in [3.05, 3.63) is 89.7 Å². The average molecular weight is 570 g/mol. The predicted molar refractivity (Wildman–Crippen MR) is 152 cm³/mol. The molecule has 2 N–H and O–H groups in total. The van der Waals surface area contributed by atoms with E-state index in [0.29, 0.717) is 24.4 Å². The largest absolute Gasteiger partial charge is 0.488 e. The van der Waals surface area contributed by atoms with Gasteiger partial charge in [-0.2, -0.15) is 0 Å². The van der Waals surface area contributed by atoms with E-state index in [-0.39, 0.29) is 47.6 Å². The van der Waals surface area contributed by atoms with Crippen LogP contribution in [0.2, 0.25) is 0 Å². The van der Waals surface area contributed by atoms with Gasteiger partial charge >= 0.3 is 0 Å². The third-order valence-electron chi connectivity index (χ3n) is 7.08. The molecule has 3 aromatic carbocycles. The first-order valence-electron chi connectivity index (χ1n) is 13.3. The summed E-state index contributed by atoms with van der Waals surface area (Å²) >= 11 is 0. The van der Waals surface area contributed by atoms with Gasteiger partial charge in [0.15, 0.2) is 0 Å². The molecule has 10 heteroatoms. The zero-order valence-electron chi connectivity index (χ0n) is 23.0. The normalized spacial score (nSPS) is 18.8. The van der Waals surface area contributed by atoms with Gasteiger partial charge in [0.25, 0.3) is 10.0 Å². The van der Waals surface area contributed by atoms with Gasteiger partial charge in [0.05, 0.1) is 24.0 Å². The minimum atomic E-state index is -3.98. The third kappa shape index (κ3) is 7.38. The molecule has 0 saturated heterocycles. The number of sulfonamides is 1. The quantitative estimate of drug-likeness (QED) is 0.406. The number of carbonyl (C=O) groups is 1. The highest BCUT2D eigenvalue weighted by Gasteiger charge is 2.31. The Bertz CT molecular complexity index is 1400. The summed E-state index contributed by atoms with van der Waals surface area (Å²) in [5, 5.41) is 9.86. The molecule has 3 atom stereocenters. The van der Waals surface area contributed by atoms with Crippen molar-refractivity contribution in [3.8, 4) is 5.75 Å². The second-order valence-electron chi connectivity index (χ2n) is 10.5. The van der Waals surface area contributed by atoms with Gasteiger partial charge in [0, 0.05) is 36.8 Å². The maximum absolute atomic E-state index is 13.4. The number of fused-ring (bicyclic) bond motifs is 1. The third-order valence-corrected chi connectivity index (χ3v) is 8.48. The Labute approximate surface area is 235 Å². The maximum atomic E-state index is 13.4. The van der Waals surface area contributed by atoms with Crippen LogP contribution in [0.4, 0.5) is 10.1 Å². The van der Waals surface area contributed by atoms with Crippen LogP contribution >= 0.6 is 0 Å². The summed E-state index contributed by atoms with van der Waals surface area (Å²) in [6.45, 7) is 5.37. The van der Waals surface area contributed by atoms with E-state index in [9.17, 15) is 22.7 Å². The highest BCUT2D eigenvalue weighted by molar-refractivity contribution is 7.92. The van der Waals surface area contributed by atoms with Gasteiger partial charge < -0.3 is 14.7 Å². The number of likely N-dealkylation sites (N-methyl/N-ethyl adjacent to an activating group) is 1. The molecule has 0 saturated carbocycles. The molecule has 0 spiro atoms. The van der Waals surface area contributed by atoms with E-state index in [1.54, 1.807) is 30.0 Å². The van der Waals surface area contributed by atoms with Crippen molar-refractivity contribution in [1.82, 2.24) is 9.80 Å². The number of amides is 1. The van der Waals surface area contributed by atoms with Gasteiger partial charge in [-0.1, -0.05) is 37.3 Å². The fraction of sp³-hybridized carbons (Fsp3) is 0.367. The van der Waals surface area contributed by atoms with Crippen LogP contribution in [0.25, 0.3) is 0 Å². The number of rotatable bonds is 9. The smallest absolute Gasteiger partial charge is 0.261 e. The van der Waals surface area contributed by atoms with Gasteiger partial charge in [-0.15, -0.1) is 0 Å². The van der Waals surface area contributed by atoms with Crippen LogP contribution in [0, 0.1) is 11.7 Å². The molecule has 8 nitrogen and oxygen atoms in total. The lowest BCUT2D eigenvalue weighted by Crippen LogP contribution is -2.47. The highest BCUT2D eigenvalue weighted by atomic mass is 32.2. The van der Waals surface area contributed by atoms with Crippen molar-refractivity contribution in [2.24, 2.45) is 5.92 Å². The Morgan fingerprint density at radius 1 is 1.12 bits per heavy atom. The maximum Gasteiger partial charge on any atom is 0.261 e. The zero-order chi connectivity index (χ0) is 28.9. The Kier molecular flexibility index (Phi) is 9.44. The van der Waals surface area contributed by atoms with Crippen LogP contribution < -0.4 is 9.46 Å². The first kappa shape index (κ1) is 29.5. The predicted octanol–water partition coefficient (Wildman–Crippen LogP) is 3.91. The molecule has 0 bridgehead atoms. The van der Waals surface area contributed by atoms with Gasteiger partial charge in [0.2, 0.25) is 5.91 Å². The number of hydrogen-bond donors (Lipinski definition) is 2. The summed E-state index contributed by atoms with van der Waals surface area (Å²) in [6, 6.07) is 19.1. The molecule has 0 aromatic heterocycles. The molecule has 1 aliphatic rings. The Morgan fingerprint density at radius 3 is 2.50 bits per heavy atom. The number of benzene rings is 3. The fourth-order valence-electron chi connectivity index (χ4n) is 4.81. The van der Waals surface area contributed by atoms with Crippen LogP contribution in [0.1, 0.15) is 25.0 Å². The van der Waals surface area contributed by atoms with Crippen LogP contribution in [-0.2, 0) is 27.8 Å². The van der Waals surface area contributed by atoms with Crippen molar-refractivity contribution in [1.29, 1.82) is 0 Å². The molecule has 3 aromatic rings. The van der Waals surface area contributed by atoms with Crippen LogP contribution in [0.15, 0.2) is 77.7 Å². The van der Waals surface area contributed by atoms with E-state index in [1.165, 1.54) is 17.7 Å². The van der Waals surface area contributed by atoms with E-state index in [4.69, 9.17) is 4.74 Å². The Balaban J connectivity index is 1.63. The molecule has 40 heavy (non-hydrogen) atoms. The lowest BCUT2D eigenvalue weighted by Gasteiger charge is -2.34. The molecular weight excluding hydrogens is 533 g/mol. The summed E-state index contributed by atoms with van der Waals surface area (Å²) in [6.07, 6.45) is -0.307. The summed E-state index contributed by atoms with van der Waals surface area (Å²) in [5.41, 5.74) is 1.96. The number of hydrogen-bond acceptors (Lipinski definition) is 6. The monoisotopic (exact) mass is 569 g/mol. The highest BCUT2D eigenvalue weighted by Crippen LogP contribution is 2.30. The van der Waals surface area contributed by atoms with Crippen LogP contribution in [0.3, 0.4) is 0 Å². The van der Waals surface area contributed by atoms with Crippen molar-refractivity contribution >= 4 is 21.6 Å². The molecule has 1 aliphatic heterocycles. The molecule has 0 unspecified atom stereocenters. The summed E-state index contributed by atoms with van der Waals surface area (Å²) < 4.78 is 48.1. The van der Waals surface area contributed by atoms with Gasteiger partial charge in [-0.25, -0.2) is 12.8 Å². The standard InChI is InChI=1S/C30H36FN3O5S/c1-21-17-34(22(2)20-35)30(36)16-24-15-26(32-40(37,38)27-12-9-25(31)10-13-27)11-14-28(24)39-29(21)19-33(3)18-23-7-5-4-6-8-23/h4-15,21-22,29,32,35H,16-20H2,1-3H3/t21-,22-,29+/m1/s1. The average Bonchev–Trinajstić information content (AvgIpc) is 2.96. The van der Waals surface area contributed by atoms with Crippen molar-refractivity contribution in [2.45, 2.75) is 43.9 Å². The lowest BCUT2D eigenvalue weighted by atomic mass is 10.0. The molecule has 0 fully saturated rings. The topological polar surface area (TPSA) is 99.2 Å². The first-order chi connectivity index (χ1) is 19.1. The fourth-order valence-corrected chi connectivity index (χ4v) is 5.86.